The van der Waals surface area contributed by atoms with Gasteiger partial charge in [0.05, 0.1) is 7.11 Å². The molecule has 2 aromatic rings. The predicted octanol–water partition coefficient (Wildman–Crippen LogP) is 3.83. The standard InChI is InChI=1S/C15H16BrN3O/c1-17-14-8-13(9-3-4-9)18-15(19-14)11-7-10(20-2)5-6-12(11)16/h5-9H,3-4H2,1-2H3,(H,17,18,19). The van der Waals surface area contributed by atoms with Gasteiger partial charge in [0.1, 0.15) is 11.6 Å². The lowest BCUT2D eigenvalue weighted by molar-refractivity contribution is 0.415. The summed E-state index contributed by atoms with van der Waals surface area (Å²) in [6, 6.07) is 7.86. The highest BCUT2D eigenvalue weighted by Gasteiger charge is 2.26. The molecule has 0 aliphatic heterocycles. The van der Waals surface area contributed by atoms with Crippen molar-refractivity contribution in [1.29, 1.82) is 0 Å². The summed E-state index contributed by atoms with van der Waals surface area (Å²) in [5.74, 6) is 2.97. The molecule has 1 saturated carbocycles. The molecule has 3 rings (SSSR count). The number of benzene rings is 1. The fourth-order valence-electron chi connectivity index (χ4n) is 2.11. The molecule has 20 heavy (non-hydrogen) atoms. The van der Waals surface area contributed by atoms with Gasteiger partial charge < -0.3 is 10.1 Å². The van der Waals surface area contributed by atoms with E-state index < -0.39 is 0 Å². The van der Waals surface area contributed by atoms with E-state index in [2.05, 4.69) is 26.2 Å². The Morgan fingerprint density at radius 1 is 1.25 bits per heavy atom. The average molecular weight is 334 g/mol. The van der Waals surface area contributed by atoms with Crippen LogP contribution in [0.4, 0.5) is 5.82 Å². The fourth-order valence-corrected chi connectivity index (χ4v) is 2.53. The molecule has 1 fully saturated rings. The van der Waals surface area contributed by atoms with Gasteiger partial charge in [-0.2, -0.15) is 0 Å². The summed E-state index contributed by atoms with van der Waals surface area (Å²) in [6.45, 7) is 0. The second-order valence-electron chi connectivity index (χ2n) is 4.87. The Bertz CT molecular complexity index is 641. The molecule has 1 aromatic heterocycles. The van der Waals surface area contributed by atoms with Crippen LogP contribution < -0.4 is 10.1 Å². The molecular weight excluding hydrogens is 318 g/mol. The van der Waals surface area contributed by atoms with Crippen molar-refractivity contribution in [3.63, 3.8) is 0 Å². The van der Waals surface area contributed by atoms with Gasteiger partial charge in [-0.05, 0) is 31.0 Å². The molecule has 0 atom stereocenters. The van der Waals surface area contributed by atoms with Crippen LogP contribution >= 0.6 is 15.9 Å². The lowest BCUT2D eigenvalue weighted by Gasteiger charge is -2.10. The van der Waals surface area contributed by atoms with Crippen LogP contribution in [0, 0.1) is 0 Å². The van der Waals surface area contributed by atoms with Crippen LogP contribution in [-0.2, 0) is 0 Å². The maximum absolute atomic E-state index is 5.29. The van der Waals surface area contributed by atoms with Crippen LogP contribution in [0.15, 0.2) is 28.7 Å². The number of rotatable bonds is 4. The van der Waals surface area contributed by atoms with E-state index in [4.69, 9.17) is 9.72 Å². The molecule has 1 heterocycles. The number of ether oxygens (including phenoxy) is 1. The van der Waals surface area contributed by atoms with Crippen LogP contribution in [0.1, 0.15) is 24.5 Å². The monoisotopic (exact) mass is 333 g/mol. The third-order valence-corrected chi connectivity index (χ3v) is 4.10. The molecule has 1 aromatic carbocycles. The minimum Gasteiger partial charge on any atom is -0.497 e. The molecule has 0 bridgehead atoms. The van der Waals surface area contributed by atoms with Gasteiger partial charge in [-0.3, -0.25) is 0 Å². The average Bonchev–Trinajstić information content (AvgIpc) is 3.32. The van der Waals surface area contributed by atoms with E-state index >= 15 is 0 Å². The molecule has 0 amide bonds. The highest BCUT2D eigenvalue weighted by molar-refractivity contribution is 9.10. The van der Waals surface area contributed by atoms with Crippen molar-refractivity contribution < 1.29 is 4.74 Å². The number of halogens is 1. The Morgan fingerprint density at radius 3 is 2.70 bits per heavy atom. The summed E-state index contributed by atoms with van der Waals surface area (Å²) in [6.07, 6.45) is 2.44. The van der Waals surface area contributed by atoms with E-state index in [1.165, 1.54) is 12.8 Å². The minimum atomic E-state index is 0.591. The summed E-state index contributed by atoms with van der Waals surface area (Å²) < 4.78 is 6.25. The fraction of sp³-hybridized carbons (Fsp3) is 0.333. The number of hydrogen-bond donors (Lipinski definition) is 1. The van der Waals surface area contributed by atoms with E-state index in [1.807, 2.05) is 31.3 Å². The van der Waals surface area contributed by atoms with Gasteiger partial charge in [-0.25, -0.2) is 9.97 Å². The molecule has 104 valence electrons. The summed E-state index contributed by atoms with van der Waals surface area (Å²) >= 11 is 3.56. The van der Waals surface area contributed by atoms with Crippen LogP contribution in [0.3, 0.4) is 0 Å². The van der Waals surface area contributed by atoms with Gasteiger partial charge >= 0.3 is 0 Å². The number of methoxy groups -OCH3 is 1. The quantitative estimate of drug-likeness (QED) is 0.923. The summed E-state index contributed by atoms with van der Waals surface area (Å²) in [4.78, 5) is 9.27. The number of nitrogens with one attached hydrogen (secondary N) is 1. The molecule has 0 spiro atoms. The third-order valence-electron chi connectivity index (χ3n) is 3.41. The topological polar surface area (TPSA) is 47.0 Å². The number of aromatic nitrogens is 2. The van der Waals surface area contributed by atoms with Crippen molar-refractivity contribution in [3.8, 4) is 17.1 Å². The second-order valence-corrected chi connectivity index (χ2v) is 5.73. The Balaban J connectivity index is 2.10. The number of anilines is 1. The molecule has 1 N–H and O–H groups in total. The zero-order valence-corrected chi connectivity index (χ0v) is 13.1. The van der Waals surface area contributed by atoms with Gasteiger partial charge in [0, 0.05) is 34.8 Å². The third kappa shape index (κ3) is 2.63. The molecule has 0 radical (unpaired) electrons. The largest absolute Gasteiger partial charge is 0.497 e. The number of hydrogen-bond acceptors (Lipinski definition) is 4. The normalized spacial score (nSPS) is 14.2. The molecule has 4 nitrogen and oxygen atoms in total. The smallest absolute Gasteiger partial charge is 0.163 e. The van der Waals surface area contributed by atoms with Crippen LogP contribution in [0.2, 0.25) is 0 Å². The van der Waals surface area contributed by atoms with Gasteiger partial charge in [0.15, 0.2) is 5.82 Å². The first kappa shape index (κ1) is 13.4. The van der Waals surface area contributed by atoms with Crippen molar-refractivity contribution in [1.82, 2.24) is 9.97 Å². The Hall–Kier alpha value is -1.62. The van der Waals surface area contributed by atoms with E-state index in [0.717, 1.165) is 33.1 Å². The predicted molar refractivity (Wildman–Crippen MR) is 83.2 cm³/mol. The highest BCUT2D eigenvalue weighted by atomic mass is 79.9. The van der Waals surface area contributed by atoms with Crippen LogP contribution in [0.5, 0.6) is 5.75 Å². The van der Waals surface area contributed by atoms with Crippen molar-refractivity contribution in [3.05, 3.63) is 34.4 Å². The van der Waals surface area contributed by atoms with Gasteiger partial charge in [0.25, 0.3) is 0 Å². The maximum atomic E-state index is 5.29. The molecule has 0 unspecified atom stereocenters. The Labute approximate surface area is 126 Å². The van der Waals surface area contributed by atoms with E-state index in [1.54, 1.807) is 7.11 Å². The maximum Gasteiger partial charge on any atom is 0.163 e. The Morgan fingerprint density at radius 2 is 2.05 bits per heavy atom. The first-order chi connectivity index (χ1) is 9.71. The molecule has 5 heteroatoms. The lowest BCUT2D eigenvalue weighted by atomic mass is 10.2. The van der Waals surface area contributed by atoms with Crippen molar-refractivity contribution in [2.24, 2.45) is 0 Å². The summed E-state index contributed by atoms with van der Waals surface area (Å²) in [5, 5.41) is 3.11. The van der Waals surface area contributed by atoms with Crippen molar-refractivity contribution >= 4 is 21.7 Å². The highest BCUT2D eigenvalue weighted by Crippen LogP contribution is 2.40. The first-order valence-corrected chi connectivity index (χ1v) is 7.41. The molecular formula is C15H16BrN3O. The van der Waals surface area contributed by atoms with Crippen molar-refractivity contribution in [2.45, 2.75) is 18.8 Å². The minimum absolute atomic E-state index is 0.591. The zero-order valence-electron chi connectivity index (χ0n) is 11.5. The van der Waals surface area contributed by atoms with E-state index in [-0.39, 0.29) is 0 Å². The SMILES string of the molecule is CNc1cc(C2CC2)nc(-c2cc(OC)ccc2Br)n1. The van der Waals surface area contributed by atoms with E-state index in [0.29, 0.717) is 5.92 Å². The van der Waals surface area contributed by atoms with Gasteiger partial charge in [-0.15, -0.1) is 0 Å². The second kappa shape index (κ2) is 5.40. The lowest BCUT2D eigenvalue weighted by Crippen LogP contribution is -2.00. The van der Waals surface area contributed by atoms with Crippen LogP contribution in [0.25, 0.3) is 11.4 Å². The Kier molecular flexibility index (Phi) is 3.61. The first-order valence-electron chi connectivity index (χ1n) is 6.62. The summed E-state index contributed by atoms with van der Waals surface area (Å²) in [7, 11) is 3.54. The molecule has 0 saturated heterocycles. The zero-order chi connectivity index (χ0) is 14.1. The van der Waals surface area contributed by atoms with Crippen LogP contribution in [-0.4, -0.2) is 24.1 Å². The van der Waals surface area contributed by atoms with Gasteiger partial charge in [0.2, 0.25) is 0 Å². The van der Waals surface area contributed by atoms with E-state index in [9.17, 15) is 0 Å². The summed E-state index contributed by atoms with van der Waals surface area (Å²) in [5.41, 5.74) is 2.07. The van der Waals surface area contributed by atoms with Gasteiger partial charge in [-0.1, -0.05) is 15.9 Å². The number of nitrogens with zero attached hydrogens (tertiary/aromatic N) is 2. The molecule has 1 aliphatic carbocycles. The molecule has 1 aliphatic rings. The van der Waals surface area contributed by atoms with Crippen molar-refractivity contribution in [2.75, 3.05) is 19.5 Å².